The van der Waals surface area contributed by atoms with Gasteiger partial charge in [-0.15, -0.1) is 0 Å². The fraction of sp³-hybridized carbons (Fsp3) is 0.0435. The van der Waals surface area contributed by atoms with Crippen LogP contribution in [0.5, 0.6) is 0 Å². The highest BCUT2D eigenvalue weighted by atomic mass is 14.1. The van der Waals surface area contributed by atoms with E-state index in [1.165, 1.54) is 38.6 Å². The maximum absolute atomic E-state index is 2.31. The van der Waals surface area contributed by atoms with Gasteiger partial charge in [0.25, 0.3) is 0 Å². The molecule has 4 rings (SSSR count). The molecule has 0 amide bonds. The molecular weight excluding hydrogens is 276 g/mol. The van der Waals surface area contributed by atoms with Crippen LogP contribution in [0.4, 0.5) is 0 Å². The van der Waals surface area contributed by atoms with E-state index in [1.54, 1.807) is 0 Å². The Morgan fingerprint density at radius 3 is 2.04 bits per heavy atom. The van der Waals surface area contributed by atoms with Crippen LogP contribution in [0.1, 0.15) is 5.56 Å². The molecule has 0 spiro atoms. The molecule has 4 aromatic rings. The lowest BCUT2D eigenvalue weighted by Gasteiger charge is -2.10. The summed E-state index contributed by atoms with van der Waals surface area (Å²) in [4.78, 5) is 0. The molecule has 0 unspecified atom stereocenters. The highest BCUT2D eigenvalue weighted by Crippen LogP contribution is 2.32. The van der Waals surface area contributed by atoms with Gasteiger partial charge in [0.15, 0.2) is 0 Å². The van der Waals surface area contributed by atoms with E-state index in [2.05, 4.69) is 97.9 Å². The molecule has 0 fully saturated rings. The van der Waals surface area contributed by atoms with Crippen LogP contribution in [0.2, 0.25) is 0 Å². The van der Waals surface area contributed by atoms with E-state index < -0.39 is 0 Å². The third-order valence-electron chi connectivity index (χ3n) is 4.35. The van der Waals surface area contributed by atoms with E-state index in [4.69, 9.17) is 0 Å². The Morgan fingerprint density at radius 1 is 0.522 bits per heavy atom. The second-order valence-corrected chi connectivity index (χ2v) is 5.97. The third-order valence-corrected chi connectivity index (χ3v) is 4.35. The first kappa shape index (κ1) is 13.8. The Bertz CT molecular complexity index is 948. The number of rotatable bonds is 2. The molecule has 0 aromatic heterocycles. The molecular formula is C23H18. The minimum atomic E-state index is 1.26. The normalized spacial score (nSPS) is 10.8. The van der Waals surface area contributed by atoms with Gasteiger partial charge in [0, 0.05) is 0 Å². The van der Waals surface area contributed by atoms with Crippen molar-refractivity contribution < 1.29 is 0 Å². The first-order chi connectivity index (χ1) is 11.3. The fourth-order valence-corrected chi connectivity index (χ4v) is 3.07. The Kier molecular flexibility index (Phi) is 3.44. The van der Waals surface area contributed by atoms with E-state index in [-0.39, 0.29) is 0 Å². The summed E-state index contributed by atoms with van der Waals surface area (Å²) < 4.78 is 0. The van der Waals surface area contributed by atoms with E-state index >= 15 is 0 Å². The predicted octanol–water partition coefficient (Wildman–Crippen LogP) is 6.48. The van der Waals surface area contributed by atoms with Crippen LogP contribution < -0.4 is 0 Å². The van der Waals surface area contributed by atoms with Crippen molar-refractivity contribution in [3.8, 4) is 22.3 Å². The van der Waals surface area contributed by atoms with Crippen LogP contribution >= 0.6 is 0 Å². The van der Waals surface area contributed by atoms with Gasteiger partial charge in [0.2, 0.25) is 0 Å². The highest BCUT2D eigenvalue weighted by molar-refractivity contribution is 5.99. The zero-order valence-electron chi connectivity index (χ0n) is 13.2. The lowest BCUT2D eigenvalue weighted by atomic mass is 9.94. The van der Waals surface area contributed by atoms with Crippen molar-refractivity contribution in [1.82, 2.24) is 0 Å². The number of aryl methyl sites for hydroxylation is 1. The third kappa shape index (κ3) is 2.64. The number of fused-ring (bicyclic) bond motifs is 1. The van der Waals surface area contributed by atoms with Gasteiger partial charge in [-0.2, -0.15) is 0 Å². The van der Waals surface area contributed by atoms with E-state index in [9.17, 15) is 0 Å². The fourth-order valence-electron chi connectivity index (χ4n) is 3.07. The van der Waals surface area contributed by atoms with Crippen LogP contribution in [-0.4, -0.2) is 0 Å². The van der Waals surface area contributed by atoms with E-state index in [0.29, 0.717) is 0 Å². The highest BCUT2D eigenvalue weighted by Gasteiger charge is 2.05. The lowest BCUT2D eigenvalue weighted by Crippen LogP contribution is -1.84. The van der Waals surface area contributed by atoms with Crippen molar-refractivity contribution in [1.29, 1.82) is 0 Å². The average molecular weight is 294 g/mol. The first-order valence-electron chi connectivity index (χ1n) is 7.96. The smallest absolute Gasteiger partial charge is 0.00992 e. The Labute approximate surface area is 137 Å². The van der Waals surface area contributed by atoms with Gasteiger partial charge in [0.1, 0.15) is 0 Å². The maximum atomic E-state index is 2.31. The zero-order chi connectivity index (χ0) is 15.6. The van der Waals surface area contributed by atoms with Gasteiger partial charge in [-0.05, 0) is 46.0 Å². The van der Waals surface area contributed by atoms with E-state index in [0.717, 1.165) is 0 Å². The summed E-state index contributed by atoms with van der Waals surface area (Å²) in [5.74, 6) is 0. The van der Waals surface area contributed by atoms with Crippen molar-refractivity contribution in [2.75, 3.05) is 0 Å². The minimum Gasteiger partial charge on any atom is -0.0622 e. The molecule has 0 aliphatic rings. The van der Waals surface area contributed by atoms with Crippen LogP contribution in [-0.2, 0) is 0 Å². The molecule has 0 atom stereocenters. The second-order valence-electron chi connectivity index (χ2n) is 5.97. The standard InChI is InChI=1S/C23H18/c1-17-10-12-20(13-11-17)22-9-5-8-19-14-15-21(16-23(19)22)18-6-3-2-4-7-18/h2-16H,1H3. The maximum Gasteiger partial charge on any atom is -0.00992 e. The second kappa shape index (κ2) is 5.73. The molecule has 0 bridgehead atoms. The molecule has 0 nitrogen and oxygen atoms in total. The largest absolute Gasteiger partial charge is 0.0622 e. The summed E-state index contributed by atoms with van der Waals surface area (Å²) in [6.07, 6.45) is 0. The topological polar surface area (TPSA) is 0 Å². The van der Waals surface area contributed by atoms with Gasteiger partial charge in [-0.3, -0.25) is 0 Å². The van der Waals surface area contributed by atoms with Crippen LogP contribution in [0.15, 0.2) is 91.0 Å². The monoisotopic (exact) mass is 294 g/mol. The van der Waals surface area contributed by atoms with Crippen molar-refractivity contribution in [3.63, 3.8) is 0 Å². The molecule has 0 N–H and O–H groups in total. The molecule has 4 aromatic carbocycles. The van der Waals surface area contributed by atoms with Gasteiger partial charge < -0.3 is 0 Å². The predicted molar refractivity (Wildman–Crippen MR) is 99.6 cm³/mol. The molecule has 0 aliphatic carbocycles. The summed E-state index contributed by atoms with van der Waals surface area (Å²) in [6.45, 7) is 2.13. The average Bonchev–Trinajstić information content (AvgIpc) is 2.62. The SMILES string of the molecule is Cc1ccc(-c2cccc3ccc(-c4ccccc4)cc23)cc1. The molecule has 0 heteroatoms. The summed E-state index contributed by atoms with van der Waals surface area (Å²) in [7, 11) is 0. The summed E-state index contributed by atoms with van der Waals surface area (Å²) >= 11 is 0. The summed E-state index contributed by atoms with van der Waals surface area (Å²) in [5, 5.41) is 2.58. The minimum absolute atomic E-state index is 1.26. The quantitative estimate of drug-likeness (QED) is 0.397. The Hall–Kier alpha value is -2.86. The summed E-state index contributed by atoms with van der Waals surface area (Å²) in [5.41, 5.74) is 6.37. The van der Waals surface area contributed by atoms with Gasteiger partial charge in [-0.25, -0.2) is 0 Å². The number of hydrogen-bond donors (Lipinski definition) is 0. The van der Waals surface area contributed by atoms with Crippen LogP contribution in [0, 0.1) is 6.92 Å². The molecule has 23 heavy (non-hydrogen) atoms. The molecule has 0 saturated heterocycles. The molecule has 0 saturated carbocycles. The molecule has 0 heterocycles. The Morgan fingerprint density at radius 2 is 1.26 bits per heavy atom. The van der Waals surface area contributed by atoms with Crippen LogP contribution in [0.3, 0.4) is 0 Å². The van der Waals surface area contributed by atoms with E-state index in [1.807, 2.05) is 0 Å². The van der Waals surface area contributed by atoms with Crippen molar-refractivity contribution in [3.05, 3.63) is 96.6 Å². The number of hydrogen-bond acceptors (Lipinski definition) is 0. The lowest BCUT2D eigenvalue weighted by molar-refractivity contribution is 1.47. The van der Waals surface area contributed by atoms with Gasteiger partial charge >= 0.3 is 0 Å². The molecule has 0 radical (unpaired) electrons. The van der Waals surface area contributed by atoms with Crippen molar-refractivity contribution >= 4 is 10.8 Å². The Balaban J connectivity index is 1.93. The van der Waals surface area contributed by atoms with Crippen molar-refractivity contribution in [2.45, 2.75) is 6.92 Å². The van der Waals surface area contributed by atoms with Gasteiger partial charge in [-0.1, -0.05) is 90.5 Å². The molecule has 110 valence electrons. The zero-order valence-corrected chi connectivity index (χ0v) is 13.2. The van der Waals surface area contributed by atoms with Gasteiger partial charge in [0.05, 0.1) is 0 Å². The van der Waals surface area contributed by atoms with Crippen LogP contribution in [0.25, 0.3) is 33.0 Å². The summed E-state index contributed by atoms with van der Waals surface area (Å²) in [6, 6.07) is 32.6. The molecule has 0 aliphatic heterocycles. The number of benzene rings is 4. The first-order valence-corrected chi connectivity index (χ1v) is 7.96. The van der Waals surface area contributed by atoms with Crippen molar-refractivity contribution in [2.24, 2.45) is 0 Å².